The van der Waals surface area contributed by atoms with Gasteiger partial charge in [0.05, 0.1) is 0 Å². The van der Waals surface area contributed by atoms with Crippen molar-refractivity contribution in [2.45, 2.75) is 161 Å². The zero-order chi connectivity index (χ0) is 20.8. The molecule has 0 atom stereocenters. The van der Waals surface area contributed by atoms with Gasteiger partial charge in [0.1, 0.15) is 0 Å². The van der Waals surface area contributed by atoms with Gasteiger partial charge in [0, 0.05) is 6.61 Å². The molecule has 0 aromatic heterocycles. The van der Waals surface area contributed by atoms with Crippen LogP contribution in [-0.4, -0.2) is 14.9 Å². The second-order valence-corrected chi connectivity index (χ2v) is 14.0. The highest BCUT2D eigenvalue weighted by atomic mass is 28.4. The zero-order valence-corrected chi connectivity index (χ0v) is 21.5. The normalized spacial score (nSPS) is 12.0. The standard InChI is InChI=1S/C26H56OSi/c1-5-7-8-9-10-11-12-13-14-15-16-17-18-19-20-21-22-23-24-25-26-28(3,4)27-6-2/h5-26H2,1-4H3. The van der Waals surface area contributed by atoms with Gasteiger partial charge in [-0.1, -0.05) is 135 Å². The summed E-state index contributed by atoms with van der Waals surface area (Å²) in [6.07, 6.45) is 29.2. The molecule has 0 saturated carbocycles. The molecule has 0 fully saturated rings. The van der Waals surface area contributed by atoms with Gasteiger partial charge in [-0.15, -0.1) is 0 Å². The first-order valence-electron chi connectivity index (χ1n) is 13.3. The zero-order valence-electron chi connectivity index (χ0n) is 20.5. The quantitative estimate of drug-likeness (QED) is 0.120. The van der Waals surface area contributed by atoms with E-state index in [9.17, 15) is 0 Å². The van der Waals surface area contributed by atoms with Crippen LogP contribution in [-0.2, 0) is 4.43 Å². The van der Waals surface area contributed by atoms with Gasteiger partial charge in [0.2, 0.25) is 0 Å². The second kappa shape index (κ2) is 21.9. The lowest BCUT2D eigenvalue weighted by Gasteiger charge is -2.21. The minimum atomic E-state index is -1.32. The van der Waals surface area contributed by atoms with Crippen LogP contribution >= 0.6 is 0 Å². The van der Waals surface area contributed by atoms with Crippen molar-refractivity contribution in [3.8, 4) is 0 Å². The lowest BCUT2D eigenvalue weighted by molar-refractivity contribution is 0.327. The summed E-state index contributed by atoms with van der Waals surface area (Å²) in [5.74, 6) is 0. The van der Waals surface area contributed by atoms with Gasteiger partial charge >= 0.3 is 0 Å². The molecule has 2 heteroatoms. The molecule has 0 bridgehead atoms. The van der Waals surface area contributed by atoms with E-state index in [0.717, 1.165) is 6.61 Å². The predicted molar refractivity (Wildman–Crippen MR) is 132 cm³/mol. The van der Waals surface area contributed by atoms with E-state index in [-0.39, 0.29) is 0 Å². The average molecular weight is 413 g/mol. The van der Waals surface area contributed by atoms with Crippen LogP contribution in [0.25, 0.3) is 0 Å². The third-order valence-corrected chi connectivity index (χ3v) is 8.80. The molecule has 28 heavy (non-hydrogen) atoms. The van der Waals surface area contributed by atoms with E-state index in [1.807, 2.05) is 0 Å². The lowest BCUT2D eigenvalue weighted by Crippen LogP contribution is -2.29. The molecule has 0 N–H and O–H groups in total. The van der Waals surface area contributed by atoms with Crippen molar-refractivity contribution in [3.63, 3.8) is 0 Å². The maximum atomic E-state index is 5.91. The molecular weight excluding hydrogens is 356 g/mol. The van der Waals surface area contributed by atoms with E-state index in [0.29, 0.717) is 0 Å². The van der Waals surface area contributed by atoms with Crippen LogP contribution in [0.5, 0.6) is 0 Å². The van der Waals surface area contributed by atoms with E-state index in [4.69, 9.17) is 4.43 Å². The summed E-state index contributed by atoms with van der Waals surface area (Å²) < 4.78 is 5.91. The fourth-order valence-corrected chi connectivity index (χ4v) is 6.30. The number of hydrogen-bond donors (Lipinski definition) is 0. The molecule has 0 aliphatic heterocycles. The molecule has 0 saturated heterocycles. The SMILES string of the molecule is CCCCCCCCCCCCCCCCCCCCCC[Si](C)(C)OCC. The molecular formula is C26H56OSi. The molecule has 0 aliphatic rings. The Balaban J connectivity index is 3.09. The first-order chi connectivity index (χ1) is 13.6. The van der Waals surface area contributed by atoms with Gasteiger partial charge in [-0.25, -0.2) is 0 Å². The maximum Gasteiger partial charge on any atom is 0.186 e. The lowest BCUT2D eigenvalue weighted by atomic mass is 10.0. The van der Waals surface area contributed by atoms with E-state index in [2.05, 4.69) is 26.9 Å². The summed E-state index contributed by atoms with van der Waals surface area (Å²) >= 11 is 0. The first kappa shape index (κ1) is 28.2. The molecule has 0 spiro atoms. The molecule has 0 aromatic carbocycles. The molecule has 0 rings (SSSR count). The molecule has 0 aliphatic carbocycles. The van der Waals surface area contributed by atoms with Crippen molar-refractivity contribution in [1.82, 2.24) is 0 Å². The highest BCUT2D eigenvalue weighted by Gasteiger charge is 2.20. The van der Waals surface area contributed by atoms with E-state index >= 15 is 0 Å². The van der Waals surface area contributed by atoms with E-state index in [1.54, 1.807) is 0 Å². The van der Waals surface area contributed by atoms with Crippen LogP contribution in [0.4, 0.5) is 0 Å². The smallest absolute Gasteiger partial charge is 0.186 e. The van der Waals surface area contributed by atoms with Crippen LogP contribution in [0.1, 0.15) is 142 Å². The van der Waals surface area contributed by atoms with Gasteiger partial charge in [-0.2, -0.15) is 0 Å². The van der Waals surface area contributed by atoms with Crippen LogP contribution in [0.2, 0.25) is 19.1 Å². The molecule has 0 amide bonds. The summed E-state index contributed by atoms with van der Waals surface area (Å²) in [6.45, 7) is 10.1. The van der Waals surface area contributed by atoms with Crippen molar-refractivity contribution < 1.29 is 4.43 Å². The molecule has 0 unspecified atom stereocenters. The number of unbranched alkanes of at least 4 members (excludes halogenated alkanes) is 19. The highest BCUT2D eigenvalue weighted by Crippen LogP contribution is 2.18. The summed E-state index contributed by atoms with van der Waals surface area (Å²) in [7, 11) is -1.32. The fraction of sp³-hybridized carbons (Fsp3) is 1.00. The van der Waals surface area contributed by atoms with Gasteiger partial charge in [-0.05, 0) is 26.1 Å². The number of hydrogen-bond acceptors (Lipinski definition) is 1. The molecule has 0 heterocycles. The predicted octanol–water partition coefficient (Wildman–Crippen LogP) is 10.0. The minimum Gasteiger partial charge on any atom is -0.418 e. The Labute approximate surface area is 180 Å². The minimum absolute atomic E-state index is 0.901. The Bertz CT molecular complexity index is 290. The van der Waals surface area contributed by atoms with Crippen LogP contribution in [0.15, 0.2) is 0 Å². The molecule has 1 nitrogen and oxygen atoms in total. The van der Waals surface area contributed by atoms with Crippen molar-refractivity contribution >= 4 is 8.32 Å². The molecule has 0 aromatic rings. The summed E-state index contributed by atoms with van der Waals surface area (Å²) in [5, 5.41) is 0. The fourth-order valence-electron chi connectivity index (χ4n) is 4.27. The van der Waals surface area contributed by atoms with Crippen molar-refractivity contribution in [2.24, 2.45) is 0 Å². The Morgan fingerprint density at radius 3 is 1.00 bits per heavy atom. The Morgan fingerprint density at radius 2 is 0.714 bits per heavy atom. The van der Waals surface area contributed by atoms with Gasteiger partial charge in [-0.3, -0.25) is 0 Å². The van der Waals surface area contributed by atoms with Crippen LogP contribution in [0.3, 0.4) is 0 Å². The third-order valence-electron chi connectivity index (χ3n) is 6.17. The Kier molecular flexibility index (Phi) is 22.0. The van der Waals surface area contributed by atoms with E-state index in [1.165, 1.54) is 134 Å². The Hall–Kier alpha value is 0.177. The van der Waals surface area contributed by atoms with Crippen LogP contribution < -0.4 is 0 Å². The number of rotatable bonds is 23. The Morgan fingerprint density at radius 1 is 0.429 bits per heavy atom. The summed E-state index contributed by atoms with van der Waals surface area (Å²) in [5.41, 5.74) is 0. The van der Waals surface area contributed by atoms with Gasteiger partial charge in [0.25, 0.3) is 0 Å². The topological polar surface area (TPSA) is 9.23 Å². The maximum absolute atomic E-state index is 5.91. The van der Waals surface area contributed by atoms with Crippen molar-refractivity contribution in [3.05, 3.63) is 0 Å². The third kappa shape index (κ3) is 22.5. The van der Waals surface area contributed by atoms with Gasteiger partial charge < -0.3 is 4.43 Å². The average Bonchev–Trinajstić information content (AvgIpc) is 2.66. The first-order valence-corrected chi connectivity index (χ1v) is 16.4. The second-order valence-electron chi connectivity index (χ2n) is 9.66. The summed E-state index contributed by atoms with van der Waals surface area (Å²) in [6, 6.07) is 1.35. The molecule has 170 valence electrons. The van der Waals surface area contributed by atoms with Crippen molar-refractivity contribution in [2.75, 3.05) is 6.61 Å². The summed E-state index contributed by atoms with van der Waals surface area (Å²) in [4.78, 5) is 0. The largest absolute Gasteiger partial charge is 0.418 e. The van der Waals surface area contributed by atoms with E-state index < -0.39 is 8.32 Å². The molecule has 0 radical (unpaired) electrons. The highest BCUT2D eigenvalue weighted by molar-refractivity contribution is 6.71. The monoisotopic (exact) mass is 412 g/mol. The van der Waals surface area contributed by atoms with Crippen molar-refractivity contribution in [1.29, 1.82) is 0 Å². The van der Waals surface area contributed by atoms with Gasteiger partial charge in [0.15, 0.2) is 8.32 Å². The van der Waals surface area contributed by atoms with Crippen LogP contribution in [0, 0.1) is 0 Å².